The number of H-pyrrole nitrogens is 1. The fourth-order valence-corrected chi connectivity index (χ4v) is 2.69. The van der Waals surface area contributed by atoms with Crippen LogP contribution in [0, 0.1) is 6.92 Å². The van der Waals surface area contributed by atoms with E-state index >= 15 is 0 Å². The van der Waals surface area contributed by atoms with Gasteiger partial charge in [0.2, 0.25) is 0 Å². The van der Waals surface area contributed by atoms with Gasteiger partial charge >= 0.3 is 6.18 Å². The number of amides is 1. The van der Waals surface area contributed by atoms with Gasteiger partial charge in [-0.25, -0.2) is 9.67 Å². The van der Waals surface area contributed by atoms with Crippen molar-refractivity contribution < 1.29 is 18.0 Å². The Morgan fingerprint density at radius 3 is 2.42 bits per heavy atom. The first-order valence-corrected chi connectivity index (χ1v) is 7.55. The van der Waals surface area contributed by atoms with Crippen molar-refractivity contribution in [3.05, 3.63) is 57.3 Å². The largest absolute Gasteiger partial charge is 0.416 e. The molecule has 0 spiro atoms. The second kappa shape index (κ2) is 5.97. The van der Waals surface area contributed by atoms with E-state index in [9.17, 15) is 22.8 Å². The Morgan fingerprint density at radius 2 is 1.88 bits per heavy atom. The van der Waals surface area contributed by atoms with Crippen LogP contribution in [-0.2, 0) is 6.18 Å². The topological polar surface area (TPSA) is 107 Å². The number of carbonyl (C=O) groups excluding carboxylic acids is 1. The van der Waals surface area contributed by atoms with Gasteiger partial charge in [-0.05, 0) is 31.5 Å². The molecular weight excluding hydrogens is 351 g/mol. The molecule has 1 atom stereocenters. The van der Waals surface area contributed by atoms with Crippen molar-refractivity contribution in [3.63, 3.8) is 0 Å². The Morgan fingerprint density at radius 1 is 1.27 bits per heavy atom. The zero-order valence-electron chi connectivity index (χ0n) is 13.8. The minimum absolute atomic E-state index is 0.0538. The maximum Gasteiger partial charge on any atom is 0.416 e. The summed E-state index contributed by atoms with van der Waals surface area (Å²) in [5.41, 5.74) is 4.33. The molecule has 26 heavy (non-hydrogen) atoms. The van der Waals surface area contributed by atoms with Gasteiger partial charge in [0.05, 0.1) is 11.6 Å². The number of hydrogen-bond acceptors (Lipinski definition) is 4. The van der Waals surface area contributed by atoms with Crippen LogP contribution in [0.25, 0.3) is 11.0 Å². The van der Waals surface area contributed by atoms with Gasteiger partial charge in [0, 0.05) is 0 Å². The minimum Gasteiger partial charge on any atom is -0.364 e. The van der Waals surface area contributed by atoms with Crippen LogP contribution >= 0.6 is 0 Å². The predicted octanol–water partition coefficient (Wildman–Crippen LogP) is 2.16. The number of benzene rings is 1. The number of primary amides is 1. The average Bonchev–Trinajstić information content (AvgIpc) is 2.93. The fraction of sp³-hybridized carbons (Fsp3) is 0.250. The first kappa shape index (κ1) is 17.6. The second-order valence-electron chi connectivity index (χ2n) is 5.80. The lowest BCUT2D eigenvalue weighted by Crippen LogP contribution is -2.17. The molecule has 10 heteroatoms. The first-order valence-electron chi connectivity index (χ1n) is 7.55. The van der Waals surface area contributed by atoms with Crippen molar-refractivity contribution in [3.8, 4) is 0 Å². The zero-order valence-corrected chi connectivity index (χ0v) is 13.8. The van der Waals surface area contributed by atoms with Crippen molar-refractivity contribution in [2.75, 3.05) is 0 Å². The average molecular weight is 365 g/mol. The molecule has 3 N–H and O–H groups in total. The summed E-state index contributed by atoms with van der Waals surface area (Å²) in [6.07, 6.45) is -4.44. The van der Waals surface area contributed by atoms with Crippen LogP contribution in [0.1, 0.15) is 40.4 Å². The highest BCUT2D eigenvalue weighted by Crippen LogP contribution is 2.31. The van der Waals surface area contributed by atoms with E-state index in [-0.39, 0.29) is 16.7 Å². The van der Waals surface area contributed by atoms with Crippen LogP contribution in [-0.4, -0.2) is 25.7 Å². The molecule has 1 amide bonds. The third-order valence-corrected chi connectivity index (χ3v) is 4.00. The fourth-order valence-electron chi connectivity index (χ4n) is 2.69. The number of aromatic nitrogens is 4. The van der Waals surface area contributed by atoms with Gasteiger partial charge in [-0.15, -0.1) is 0 Å². The molecule has 0 unspecified atom stereocenters. The molecule has 0 aliphatic carbocycles. The van der Waals surface area contributed by atoms with Crippen LogP contribution in [0.15, 0.2) is 29.1 Å². The normalized spacial score (nSPS) is 13.1. The van der Waals surface area contributed by atoms with E-state index in [1.54, 1.807) is 13.8 Å². The van der Waals surface area contributed by atoms with E-state index in [2.05, 4.69) is 15.1 Å². The van der Waals surface area contributed by atoms with E-state index in [0.29, 0.717) is 11.4 Å². The van der Waals surface area contributed by atoms with Crippen LogP contribution in [0.4, 0.5) is 13.2 Å². The highest BCUT2D eigenvalue weighted by molar-refractivity contribution is 6.02. The molecule has 0 radical (unpaired) electrons. The van der Waals surface area contributed by atoms with Crippen molar-refractivity contribution in [1.82, 2.24) is 19.7 Å². The van der Waals surface area contributed by atoms with Gasteiger partial charge in [-0.3, -0.25) is 9.59 Å². The van der Waals surface area contributed by atoms with Crippen molar-refractivity contribution in [1.29, 1.82) is 0 Å². The third-order valence-electron chi connectivity index (χ3n) is 4.00. The minimum atomic E-state index is -4.44. The highest BCUT2D eigenvalue weighted by atomic mass is 19.4. The Bertz CT molecular complexity index is 1050. The van der Waals surface area contributed by atoms with E-state index in [0.717, 1.165) is 12.1 Å². The lowest BCUT2D eigenvalue weighted by molar-refractivity contribution is -0.137. The third kappa shape index (κ3) is 2.93. The van der Waals surface area contributed by atoms with E-state index in [1.807, 2.05) is 0 Å². The number of aryl methyl sites for hydroxylation is 1. The molecule has 0 saturated heterocycles. The summed E-state index contributed by atoms with van der Waals surface area (Å²) in [6, 6.07) is 3.95. The van der Waals surface area contributed by atoms with Crippen molar-refractivity contribution in [2.45, 2.75) is 26.1 Å². The van der Waals surface area contributed by atoms with Gasteiger partial charge in [0.25, 0.3) is 11.5 Å². The standard InChI is InChI=1S/C16H14F3N5O2/c1-7(9-3-5-10(6-4-9)16(17,18)19)24-14-11(12(23-24)13(20)25)15(26)22-8(2)21-14/h3-7H,1-2H3,(H2,20,25)(H,21,22,26)/t7-/m1/s1. The number of alkyl halides is 3. The Balaban J connectivity index is 2.16. The summed E-state index contributed by atoms with van der Waals surface area (Å²) in [5, 5.41) is 4.02. The summed E-state index contributed by atoms with van der Waals surface area (Å²) in [7, 11) is 0. The molecule has 7 nitrogen and oxygen atoms in total. The zero-order chi connectivity index (χ0) is 19.2. The van der Waals surface area contributed by atoms with Crippen LogP contribution in [0.2, 0.25) is 0 Å². The molecule has 3 aromatic rings. The van der Waals surface area contributed by atoms with Crippen LogP contribution in [0.3, 0.4) is 0 Å². The first-order chi connectivity index (χ1) is 12.1. The van der Waals surface area contributed by atoms with Crippen LogP contribution < -0.4 is 11.3 Å². The van der Waals surface area contributed by atoms with E-state index in [4.69, 9.17) is 5.73 Å². The van der Waals surface area contributed by atoms with E-state index in [1.165, 1.54) is 16.8 Å². The van der Waals surface area contributed by atoms with Gasteiger partial charge in [-0.2, -0.15) is 18.3 Å². The highest BCUT2D eigenvalue weighted by Gasteiger charge is 2.30. The number of nitrogens with zero attached hydrogens (tertiary/aromatic N) is 3. The Kier molecular flexibility index (Phi) is 4.05. The number of fused-ring (bicyclic) bond motifs is 1. The van der Waals surface area contributed by atoms with Gasteiger partial charge < -0.3 is 10.7 Å². The Hall–Kier alpha value is -3.17. The SMILES string of the molecule is Cc1nc2c(c(C(N)=O)nn2[C@H](C)c2ccc(C(F)(F)F)cc2)c(=O)[nH]1. The van der Waals surface area contributed by atoms with Crippen molar-refractivity contribution >= 4 is 16.9 Å². The second-order valence-corrected chi connectivity index (χ2v) is 5.80. The van der Waals surface area contributed by atoms with Gasteiger partial charge in [-0.1, -0.05) is 12.1 Å². The molecule has 2 aromatic heterocycles. The number of rotatable bonds is 3. The summed E-state index contributed by atoms with van der Waals surface area (Å²) >= 11 is 0. The molecule has 0 aliphatic heterocycles. The molecule has 0 bridgehead atoms. The van der Waals surface area contributed by atoms with Crippen molar-refractivity contribution in [2.24, 2.45) is 5.73 Å². The molecule has 2 heterocycles. The number of halogens is 3. The number of nitrogens with one attached hydrogen (secondary N) is 1. The monoisotopic (exact) mass is 365 g/mol. The number of nitrogens with two attached hydrogens (primary N) is 1. The smallest absolute Gasteiger partial charge is 0.364 e. The lowest BCUT2D eigenvalue weighted by Gasteiger charge is -2.15. The Labute approximate surface area is 144 Å². The van der Waals surface area contributed by atoms with E-state index < -0.39 is 29.2 Å². The van der Waals surface area contributed by atoms with Gasteiger partial charge in [0.1, 0.15) is 11.2 Å². The maximum absolute atomic E-state index is 12.7. The summed E-state index contributed by atoms with van der Waals surface area (Å²) in [4.78, 5) is 30.5. The summed E-state index contributed by atoms with van der Waals surface area (Å²) < 4.78 is 39.5. The number of aromatic amines is 1. The van der Waals surface area contributed by atoms with Gasteiger partial charge in [0.15, 0.2) is 11.3 Å². The molecular formula is C16H14F3N5O2. The molecule has 3 rings (SSSR count). The molecule has 0 saturated carbocycles. The summed E-state index contributed by atoms with van der Waals surface area (Å²) in [5.74, 6) is -0.594. The summed E-state index contributed by atoms with van der Waals surface area (Å²) in [6.45, 7) is 3.23. The quantitative estimate of drug-likeness (QED) is 0.742. The van der Waals surface area contributed by atoms with Crippen LogP contribution in [0.5, 0.6) is 0 Å². The number of hydrogen-bond donors (Lipinski definition) is 2. The molecule has 1 aromatic carbocycles. The molecule has 0 fully saturated rings. The molecule has 0 aliphatic rings. The molecule has 136 valence electrons. The maximum atomic E-state index is 12.7. The predicted molar refractivity (Wildman–Crippen MR) is 86.7 cm³/mol. The number of carbonyl (C=O) groups is 1. The lowest BCUT2D eigenvalue weighted by atomic mass is 10.1.